The molecular formula is C42H48N2+2. The fourth-order valence-electron chi connectivity index (χ4n) is 7.62. The van der Waals surface area contributed by atoms with Gasteiger partial charge in [-0.05, 0) is 77.4 Å². The molecular weight excluding hydrogens is 532 g/mol. The number of allylic oxidation sites excluding steroid dienone is 2. The zero-order valence-corrected chi connectivity index (χ0v) is 28.0. The molecule has 6 rings (SSSR count). The van der Waals surface area contributed by atoms with Crippen molar-refractivity contribution < 1.29 is 9.15 Å². The molecule has 0 fully saturated rings. The van der Waals surface area contributed by atoms with Crippen LogP contribution in [0.5, 0.6) is 0 Å². The monoisotopic (exact) mass is 580 g/mol. The minimum atomic E-state index is -0.378. The number of nitrogens with zero attached hydrogens (tertiary/aromatic N) is 2. The summed E-state index contributed by atoms with van der Waals surface area (Å²) in [5.74, 6) is 1.11. The predicted molar refractivity (Wildman–Crippen MR) is 189 cm³/mol. The maximum Gasteiger partial charge on any atom is 0.357 e. The topological polar surface area (TPSA) is 6.02 Å². The maximum absolute atomic E-state index is 4.07. The van der Waals surface area contributed by atoms with E-state index in [1.54, 1.807) is 0 Å². The molecule has 1 aliphatic carbocycles. The van der Waals surface area contributed by atoms with Crippen molar-refractivity contribution in [2.75, 3.05) is 0 Å². The molecule has 2 aliphatic rings. The number of hydrogen-bond donors (Lipinski definition) is 0. The molecule has 1 heterocycles. The second kappa shape index (κ2) is 11.1. The quantitative estimate of drug-likeness (QED) is 0.137. The van der Waals surface area contributed by atoms with Gasteiger partial charge in [-0.1, -0.05) is 84.0 Å². The van der Waals surface area contributed by atoms with Crippen LogP contribution in [0.15, 0.2) is 92.0 Å². The number of benzene rings is 4. The average molecular weight is 581 g/mol. The molecule has 0 saturated heterocycles. The first-order valence-electron chi connectivity index (χ1n) is 16.4. The molecule has 4 aromatic carbocycles. The summed E-state index contributed by atoms with van der Waals surface area (Å²) in [6, 6.07) is 25.6. The summed E-state index contributed by atoms with van der Waals surface area (Å²) in [5, 5.41) is 2.66. The summed E-state index contributed by atoms with van der Waals surface area (Å²) in [7, 11) is 0. The van der Waals surface area contributed by atoms with Gasteiger partial charge in [-0.3, -0.25) is 0 Å². The highest BCUT2D eigenvalue weighted by Gasteiger charge is 2.61. The SMILES string of the molecule is C=CCc1ccc([N+]2=C3C(=[N+](c4c(C(C)C)cc(CC=C)cc4C(C)C)C2(C)C)c2cccc4cccc3c24)c(C(C)C)c1. The van der Waals surface area contributed by atoms with Gasteiger partial charge in [0.15, 0.2) is 0 Å². The van der Waals surface area contributed by atoms with Crippen LogP contribution in [0.25, 0.3) is 10.8 Å². The van der Waals surface area contributed by atoms with E-state index in [2.05, 4.69) is 144 Å². The third-order valence-corrected chi connectivity index (χ3v) is 9.59. The summed E-state index contributed by atoms with van der Waals surface area (Å²) in [5.41, 5.74) is 14.4. The summed E-state index contributed by atoms with van der Waals surface area (Å²) < 4.78 is 5.37. The van der Waals surface area contributed by atoms with Crippen molar-refractivity contribution >= 4 is 33.6 Å². The third kappa shape index (κ3) is 4.53. The van der Waals surface area contributed by atoms with E-state index in [0.29, 0.717) is 17.8 Å². The zero-order chi connectivity index (χ0) is 31.5. The lowest BCUT2D eigenvalue weighted by atomic mass is 9.88. The van der Waals surface area contributed by atoms with Crippen LogP contribution in [0, 0.1) is 0 Å². The van der Waals surface area contributed by atoms with Gasteiger partial charge in [0, 0.05) is 28.1 Å². The molecule has 0 atom stereocenters. The summed E-state index contributed by atoms with van der Waals surface area (Å²) in [4.78, 5) is 0. The molecule has 0 spiro atoms. The molecule has 0 saturated carbocycles. The van der Waals surface area contributed by atoms with E-state index in [-0.39, 0.29) is 5.66 Å². The Labute approximate surface area is 264 Å². The number of rotatable bonds is 9. The Morgan fingerprint density at radius 3 is 1.66 bits per heavy atom. The lowest BCUT2D eigenvalue weighted by Gasteiger charge is -2.24. The largest absolute Gasteiger partial charge is 0.357 e. The molecule has 0 radical (unpaired) electrons. The molecule has 0 aromatic heterocycles. The highest BCUT2D eigenvalue weighted by molar-refractivity contribution is 6.58. The van der Waals surface area contributed by atoms with Crippen molar-refractivity contribution in [2.45, 2.75) is 91.6 Å². The molecule has 4 aromatic rings. The molecule has 0 amide bonds. The van der Waals surface area contributed by atoms with Crippen molar-refractivity contribution in [3.05, 3.63) is 131 Å². The fraction of sp³-hybridized carbons (Fsp3) is 0.333. The van der Waals surface area contributed by atoms with Gasteiger partial charge in [-0.2, -0.15) is 0 Å². The molecule has 224 valence electrons. The van der Waals surface area contributed by atoms with Crippen LogP contribution < -0.4 is 0 Å². The van der Waals surface area contributed by atoms with Gasteiger partial charge >= 0.3 is 5.66 Å². The van der Waals surface area contributed by atoms with Crippen molar-refractivity contribution in [1.29, 1.82) is 0 Å². The Bertz CT molecular complexity index is 1860. The van der Waals surface area contributed by atoms with Crippen molar-refractivity contribution in [1.82, 2.24) is 0 Å². The lowest BCUT2D eigenvalue weighted by Crippen LogP contribution is -2.41. The van der Waals surface area contributed by atoms with E-state index in [9.17, 15) is 0 Å². The highest BCUT2D eigenvalue weighted by Crippen LogP contribution is 2.47. The second-order valence-corrected chi connectivity index (χ2v) is 14.0. The average Bonchev–Trinajstić information content (AvgIpc) is 3.41. The molecule has 44 heavy (non-hydrogen) atoms. The van der Waals surface area contributed by atoms with E-state index in [0.717, 1.165) is 12.8 Å². The maximum atomic E-state index is 4.07. The minimum absolute atomic E-state index is 0.366. The van der Waals surface area contributed by atoms with E-state index >= 15 is 0 Å². The Kier molecular flexibility index (Phi) is 7.60. The first-order chi connectivity index (χ1) is 21.0. The van der Waals surface area contributed by atoms with Gasteiger partial charge in [0.05, 0.1) is 25.0 Å². The van der Waals surface area contributed by atoms with E-state index in [1.165, 1.54) is 72.5 Å². The molecule has 1 aliphatic heterocycles. The van der Waals surface area contributed by atoms with Crippen molar-refractivity contribution in [3.63, 3.8) is 0 Å². The number of fused-ring (bicyclic) bond motifs is 3. The lowest BCUT2D eigenvalue weighted by molar-refractivity contribution is -0.740. The standard InChI is InChI=1S/C42H48N2/c1-11-15-29-21-22-37(34(23-29)26(3)4)43-40-32-19-13-17-31-18-14-20-33(38(31)32)41(40)44(42(43,9)10)39-35(27(5)6)24-30(16-12-2)25-36(39)28(7)8/h11-14,17-28H,1-2,15-16H2,3-10H3/q+2. The second-order valence-electron chi connectivity index (χ2n) is 14.0. The smallest absolute Gasteiger partial charge is 0.121 e. The van der Waals surface area contributed by atoms with E-state index in [1.807, 2.05) is 12.2 Å². The molecule has 0 unspecified atom stereocenters. The fourth-order valence-corrected chi connectivity index (χ4v) is 7.62. The predicted octanol–water partition coefficient (Wildman–Crippen LogP) is 10.7. The van der Waals surface area contributed by atoms with Gasteiger partial charge in [-0.15, -0.1) is 22.3 Å². The van der Waals surface area contributed by atoms with E-state index < -0.39 is 0 Å². The van der Waals surface area contributed by atoms with Crippen LogP contribution in [-0.2, 0) is 12.8 Å². The first kappa shape index (κ1) is 30.0. The Morgan fingerprint density at radius 1 is 0.636 bits per heavy atom. The Morgan fingerprint density at radius 2 is 1.14 bits per heavy atom. The van der Waals surface area contributed by atoms with Crippen LogP contribution in [0.3, 0.4) is 0 Å². The summed E-state index contributed by atoms with van der Waals surface area (Å²) >= 11 is 0. The first-order valence-corrected chi connectivity index (χ1v) is 16.4. The molecule has 2 nitrogen and oxygen atoms in total. The molecule has 0 bridgehead atoms. The summed E-state index contributed by atoms with van der Waals surface area (Å²) in [6.45, 7) is 26.9. The highest BCUT2D eigenvalue weighted by atomic mass is 15.4. The number of hydrogen-bond acceptors (Lipinski definition) is 0. The van der Waals surface area contributed by atoms with Gasteiger partial charge in [-0.25, -0.2) is 0 Å². The van der Waals surface area contributed by atoms with Crippen molar-refractivity contribution in [3.8, 4) is 0 Å². The van der Waals surface area contributed by atoms with Crippen LogP contribution in [0.2, 0.25) is 0 Å². The van der Waals surface area contributed by atoms with Gasteiger partial charge in [0.1, 0.15) is 0 Å². The van der Waals surface area contributed by atoms with Gasteiger partial charge < -0.3 is 0 Å². The van der Waals surface area contributed by atoms with Crippen LogP contribution in [0.4, 0.5) is 11.4 Å². The summed E-state index contributed by atoms with van der Waals surface area (Å²) in [6.07, 6.45) is 5.79. The van der Waals surface area contributed by atoms with Crippen LogP contribution >= 0.6 is 0 Å². The Balaban J connectivity index is 1.78. The minimum Gasteiger partial charge on any atom is -0.121 e. The Hall–Kier alpha value is -4.04. The van der Waals surface area contributed by atoms with Crippen molar-refractivity contribution in [2.24, 2.45) is 0 Å². The van der Waals surface area contributed by atoms with E-state index in [4.69, 9.17) is 0 Å². The molecule has 0 N–H and O–H groups in total. The van der Waals surface area contributed by atoms with Crippen LogP contribution in [-0.4, -0.2) is 26.2 Å². The van der Waals surface area contributed by atoms with Gasteiger partial charge in [0.25, 0.3) is 11.4 Å². The van der Waals surface area contributed by atoms with Gasteiger partial charge in [0.2, 0.25) is 11.4 Å². The normalized spacial score (nSPS) is 15.3. The molecule has 2 heteroatoms. The third-order valence-electron chi connectivity index (χ3n) is 9.59. The van der Waals surface area contributed by atoms with Crippen LogP contribution in [0.1, 0.15) is 112 Å². The zero-order valence-electron chi connectivity index (χ0n) is 28.0.